The van der Waals surface area contributed by atoms with E-state index in [0.29, 0.717) is 5.92 Å². The number of hydrogen-bond donors (Lipinski definition) is 0. The smallest absolute Gasteiger partial charge is 0.239 e. The highest BCUT2D eigenvalue weighted by Crippen LogP contribution is 2.11. The highest BCUT2D eigenvalue weighted by molar-refractivity contribution is 5.88. The van der Waals surface area contributed by atoms with Gasteiger partial charge >= 0.3 is 0 Å². The minimum atomic E-state index is 0.0312. The van der Waals surface area contributed by atoms with E-state index >= 15 is 0 Å². The summed E-state index contributed by atoms with van der Waals surface area (Å²) >= 11 is 0. The molecule has 1 unspecified atom stereocenters. The Bertz CT molecular complexity index is 186. The van der Waals surface area contributed by atoms with Gasteiger partial charge in [-0.2, -0.15) is 5.10 Å². The molecule has 0 aromatic carbocycles. The van der Waals surface area contributed by atoms with E-state index in [0.717, 1.165) is 12.3 Å². The molecule has 0 N–H and O–H groups in total. The molecular formula is C7H12N2O. The van der Waals surface area contributed by atoms with Gasteiger partial charge in [0, 0.05) is 18.6 Å². The molecule has 0 fully saturated rings. The van der Waals surface area contributed by atoms with Crippen molar-refractivity contribution >= 4 is 11.6 Å². The second-order valence-corrected chi connectivity index (χ2v) is 2.74. The van der Waals surface area contributed by atoms with E-state index in [1.165, 1.54) is 11.9 Å². The van der Waals surface area contributed by atoms with Gasteiger partial charge in [0.05, 0.1) is 6.54 Å². The zero-order valence-electron chi connectivity index (χ0n) is 6.59. The predicted octanol–water partition coefficient (Wildman–Crippen LogP) is 0.861. The van der Waals surface area contributed by atoms with Gasteiger partial charge in [0.25, 0.3) is 0 Å². The van der Waals surface area contributed by atoms with E-state index in [4.69, 9.17) is 0 Å². The summed E-state index contributed by atoms with van der Waals surface area (Å²) in [6, 6.07) is 0. The minimum absolute atomic E-state index is 0.0312. The summed E-state index contributed by atoms with van der Waals surface area (Å²) in [5.41, 5.74) is 1.05. The lowest BCUT2D eigenvalue weighted by Gasteiger charge is -2.07. The number of hydrogen-bond acceptors (Lipinski definition) is 2. The fourth-order valence-electron chi connectivity index (χ4n) is 0.920. The monoisotopic (exact) mass is 140 g/mol. The summed E-state index contributed by atoms with van der Waals surface area (Å²) in [6.45, 7) is 6.31. The Morgan fingerprint density at radius 2 is 2.40 bits per heavy atom. The van der Waals surface area contributed by atoms with Crippen LogP contribution < -0.4 is 0 Å². The second-order valence-electron chi connectivity index (χ2n) is 2.74. The molecule has 0 aromatic heterocycles. The van der Waals surface area contributed by atoms with Gasteiger partial charge in [-0.25, -0.2) is 5.01 Å². The van der Waals surface area contributed by atoms with E-state index in [2.05, 4.69) is 12.0 Å². The van der Waals surface area contributed by atoms with Crippen molar-refractivity contribution in [3.8, 4) is 0 Å². The van der Waals surface area contributed by atoms with Crippen molar-refractivity contribution in [3.63, 3.8) is 0 Å². The number of nitrogens with zero attached hydrogens (tertiary/aromatic N) is 2. The maximum absolute atomic E-state index is 10.8. The van der Waals surface area contributed by atoms with Crippen molar-refractivity contribution in [2.24, 2.45) is 11.0 Å². The zero-order chi connectivity index (χ0) is 7.72. The average Bonchev–Trinajstić information content (AvgIpc) is 2.13. The molecule has 3 nitrogen and oxygen atoms in total. The largest absolute Gasteiger partial charge is 0.273 e. The van der Waals surface area contributed by atoms with Crippen molar-refractivity contribution < 1.29 is 4.79 Å². The van der Waals surface area contributed by atoms with Crippen molar-refractivity contribution in [3.05, 3.63) is 0 Å². The van der Waals surface area contributed by atoms with Crippen LogP contribution in [0.15, 0.2) is 5.10 Å². The molecule has 0 aromatic rings. The summed E-state index contributed by atoms with van der Waals surface area (Å²) in [6.07, 6.45) is 0. The SMILES string of the molecule is CC(=O)N1CC(C)C(C)=N1. The van der Waals surface area contributed by atoms with Gasteiger partial charge in [0.15, 0.2) is 0 Å². The molecule has 1 rings (SSSR count). The maximum atomic E-state index is 10.8. The lowest BCUT2D eigenvalue weighted by molar-refractivity contribution is -0.128. The highest BCUT2D eigenvalue weighted by Gasteiger charge is 2.21. The Balaban J connectivity index is 2.65. The molecule has 3 heteroatoms. The van der Waals surface area contributed by atoms with Crippen LogP contribution in [0.1, 0.15) is 20.8 Å². The van der Waals surface area contributed by atoms with E-state index < -0.39 is 0 Å². The summed E-state index contributed by atoms with van der Waals surface area (Å²) in [4.78, 5) is 10.8. The van der Waals surface area contributed by atoms with Gasteiger partial charge < -0.3 is 0 Å². The normalized spacial score (nSPS) is 24.9. The maximum Gasteiger partial charge on any atom is 0.239 e. The number of rotatable bonds is 0. The molecule has 10 heavy (non-hydrogen) atoms. The van der Waals surface area contributed by atoms with Gasteiger partial charge in [-0.1, -0.05) is 6.92 Å². The van der Waals surface area contributed by atoms with Gasteiger partial charge in [-0.3, -0.25) is 4.79 Å². The van der Waals surface area contributed by atoms with Crippen LogP contribution in [0.4, 0.5) is 0 Å². The van der Waals surface area contributed by atoms with Gasteiger partial charge in [0.1, 0.15) is 0 Å². The Morgan fingerprint density at radius 1 is 1.80 bits per heavy atom. The van der Waals surface area contributed by atoms with Gasteiger partial charge in [-0.15, -0.1) is 0 Å². The second kappa shape index (κ2) is 2.40. The number of carbonyl (C=O) groups excluding carboxylic acids is 1. The third-order valence-corrected chi connectivity index (χ3v) is 1.80. The first-order valence-electron chi connectivity index (χ1n) is 3.44. The fourth-order valence-corrected chi connectivity index (χ4v) is 0.920. The van der Waals surface area contributed by atoms with Gasteiger partial charge in [-0.05, 0) is 6.92 Å². The molecule has 1 amide bonds. The van der Waals surface area contributed by atoms with Gasteiger partial charge in [0.2, 0.25) is 5.91 Å². The predicted molar refractivity (Wildman–Crippen MR) is 39.7 cm³/mol. The van der Waals surface area contributed by atoms with Crippen LogP contribution in [0.25, 0.3) is 0 Å². The van der Waals surface area contributed by atoms with E-state index in [1.807, 2.05) is 6.92 Å². The summed E-state index contributed by atoms with van der Waals surface area (Å²) < 4.78 is 0. The van der Waals surface area contributed by atoms with Crippen LogP contribution in [-0.2, 0) is 4.79 Å². The van der Waals surface area contributed by atoms with Crippen LogP contribution in [-0.4, -0.2) is 23.2 Å². The number of amides is 1. The van der Waals surface area contributed by atoms with Crippen LogP contribution in [0, 0.1) is 5.92 Å². The average molecular weight is 140 g/mol. The first-order valence-corrected chi connectivity index (χ1v) is 3.44. The third-order valence-electron chi connectivity index (χ3n) is 1.80. The van der Waals surface area contributed by atoms with Crippen LogP contribution in [0.5, 0.6) is 0 Å². The molecular weight excluding hydrogens is 128 g/mol. The standard InChI is InChI=1S/C7H12N2O/c1-5-4-9(7(3)10)8-6(5)2/h5H,4H2,1-3H3. The van der Waals surface area contributed by atoms with Crippen molar-refractivity contribution in [2.75, 3.05) is 6.54 Å². The Labute approximate surface area is 60.7 Å². The Hall–Kier alpha value is -0.860. The summed E-state index contributed by atoms with van der Waals surface area (Å²) in [5, 5.41) is 5.58. The Morgan fingerprint density at radius 3 is 2.60 bits per heavy atom. The first-order chi connectivity index (χ1) is 4.61. The van der Waals surface area contributed by atoms with E-state index in [1.54, 1.807) is 0 Å². The van der Waals surface area contributed by atoms with Crippen LogP contribution >= 0.6 is 0 Å². The molecule has 0 saturated carbocycles. The molecule has 0 saturated heterocycles. The number of hydrazone groups is 1. The number of carbonyl (C=O) groups is 1. The van der Waals surface area contributed by atoms with Crippen molar-refractivity contribution in [2.45, 2.75) is 20.8 Å². The van der Waals surface area contributed by atoms with E-state index in [9.17, 15) is 4.79 Å². The molecule has 1 atom stereocenters. The molecule has 1 aliphatic heterocycles. The molecule has 1 heterocycles. The lowest BCUT2D eigenvalue weighted by atomic mass is 10.1. The topological polar surface area (TPSA) is 32.7 Å². The van der Waals surface area contributed by atoms with Crippen molar-refractivity contribution in [1.82, 2.24) is 5.01 Å². The molecule has 1 aliphatic rings. The van der Waals surface area contributed by atoms with Crippen LogP contribution in [0.2, 0.25) is 0 Å². The van der Waals surface area contributed by atoms with Crippen LogP contribution in [0.3, 0.4) is 0 Å². The first kappa shape index (κ1) is 7.25. The fraction of sp³-hybridized carbons (Fsp3) is 0.714. The molecule has 56 valence electrons. The van der Waals surface area contributed by atoms with Crippen molar-refractivity contribution in [1.29, 1.82) is 0 Å². The molecule has 0 aliphatic carbocycles. The minimum Gasteiger partial charge on any atom is -0.273 e. The third kappa shape index (κ3) is 1.17. The lowest BCUT2D eigenvalue weighted by Crippen LogP contribution is -2.22. The quantitative estimate of drug-likeness (QED) is 0.491. The highest BCUT2D eigenvalue weighted by atomic mass is 16.2. The summed E-state index contributed by atoms with van der Waals surface area (Å²) in [5.74, 6) is 0.465. The molecule has 0 bridgehead atoms. The van der Waals surface area contributed by atoms with E-state index in [-0.39, 0.29) is 5.91 Å². The molecule has 0 radical (unpaired) electrons. The zero-order valence-corrected chi connectivity index (χ0v) is 6.59. The molecule has 0 spiro atoms. The summed E-state index contributed by atoms with van der Waals surface area (Å²) in [7, 11) is 0. The Kier molecular flexibility index (Phi) is 1.74.